The Kier molecular flexibility index (Phi) is 6.20. The maximum atomic E-state index is 13.7. The zero-order valence-corrected chi connectivity index (χ0v) is 19.3. The van der Waals surface area contributed by atoms with Crippen molar-refractivity contribution in [1.29, 1.82) is 0 Å². The maximum absolute atomic E-state index is 13.7. The number of aromatic nitrogens is 4. The van der Waals surface area contributed by atoms with Crippen LogP contribution in [0.1, 0.15) is 29.5 Å². The van der Waals surface area contributed by atoms with E-state index < -0.39 is 24.5 Å². The summed E-state index contributed by atoms with van der Waals surface area (Å²) < 4.78 is 78.1. The Morgan fingerprint density at radius 3 is 2.30 bits per heavy atom. The highest BCUT2D eigenvalue weighted by molar-refractivity contribution is 9.10. The second-order valence-electron chi connectivity index (χ2n) is 7.45. The van der Waals surface area contributed by atoms with Gasteiger partial charge in [-0.05, 0) is 42.3 Å². The number of methoxy groups -OCH3 is 1. The minimum atomic E-state index is -5.05. The van der Waals surface area contributed by atoms with E-state index in [0.29, 0.717) is 47.0 Å². The van der Waals surface area contributed by atoms with Gasteiger partial charge in [-0.15, -0.1) is 0 Å². The molecule has 4 rings (SSSR count). The van der Waals surface area contributed by atoms with E-state index in [-0.39, 0.29) is 17.0 Å². The van der Waals surface area contributed by atoms with Crippen LogP contribution in [-0.2, 0) is 11.3 Å². The number of ether oxygens (including phenoxy) is 2. The standard InChI is InChI=1S/C20H19BrF5N5O2/c1-9-14(10(2)28-18(27-9)32-3)30-7-4-8-31-15-11(16(20(24,25)26)33-17(22)23)5-6-12(21)13(15)29-19(30)31/h5-6,16-17H,4,7-8H2,1-3H3. The second kappa shape index (κ2) is 8.67. The Morgan fingerprint density at radius 1 is 1.06 bits per heavy atom. The van der Waals surface area contributed by atoms with Gasteiger partial charge in [-0.2, -0.15) is 31.9 Å². The largest absolute Gasteiger partial charge is 0.467 e. The van der Waals surface area contributed by atoms with E-state index in [2.05, 4.69) is 35.6 Å². The number of anilines is 2. The molecule has 0 spiro atoms. The highest BCUT2D eigenvalue weighted by Gasteiger charge is 2.45. The Bertz CT molecular complexity index is 1180. The summed E-state index contributed by atoms with van der Waals surface area (Å²) in [7, 11) is 1.45. The third-order valence-corrected chi connectivity index (χ3v) is 5.98. The molecule has 0 saturated carbocycles. The van der Waals surface area contributed by atoms with Crippen molar-refractivity contribution in [3.05, 3.63) is 33.6 Å². The number of halogens is 6. The lowest BCUT2D eigenvalue weighted by Crippen LogP contribution is -2.30. The van der Waals surface area contributed by atoms with Gasteiger partial charge in [0.2, 0.25) is 5.95 Å². The van der Waals surface area contributed by atoms with E-state index in [1.807, 2.05) is 4.90 Å². The van der Waals surface area contributed by atoms with Crippen LogP contribution in [0, 0.1) is 13.8 Å². The van der Waals surface area contributed by atoms with Gasteiger partial charge in [0.25, 0.3) is 0 Å². The third-order valence-electron chi connectivity index (χ3n) is 5.34. The van der Waals surface area contributed by atoms with Gasteiger partial charge < -0.3 is 18.9 Å². The number of hydrogen-bond donors (Lipinski definition) is 0. The first-order valence-corrected chi connectivity index (χ1v) is 10.7. The predicted octanol–water partition coefficient (Wildman–Crippen LogP) is 5.60. The molecule has 3 heterocycles. The summed E-state index contributed by atoms with van der Waals surface area (Å²) >= 11 is 3.33. The first-order chi connectivity index (χ1) is 15.5. The highest BCUT2D eigenvalue weighted by Crippen LogP contribution is 2.44. The Morgan fingerprint density at radius 2 is 1.73 bits per heavy atom. The Labute approximate surface area is 193 Å². The van der Waals surface area contributed by atoms with Crippen molar-refractivity contribution in [1.82, 2.24) is 19.5 Å². The lowest BCUT2D eigenvalue weighted by Gasteiger charge is -2.31. The molecule has 0 amide bonds. The molecule has 1 aliphatic heterocycles. The lowest BCUT2D eigenvalue weighted by molar-refractivity contribution is -0.276. The quantitative estimate of drug-likeness (QED) is 0.396. The minimum absolute atomic E-state index is 0.0804. The number of alkyl halides is 5. The van der Waals surface area contributed by atoms with Gasteiger partial charge >= 0.3 is 18.8 Å². The number of fused-ring (bicyclic) bond motifs is 3. The number of imidazole rings is 1. The molecule has 0 radical (unpaired) electrons. The van der Waals surface area contributed by atoms with Crippen molar-refractivity contribution in [2.45, 2.75) is 45.7 Å². The molecule has 0 aliphatic carbocycles. The van der Waals surface area contributed by atoms with E-state index in [4.69, 9.17) is 4.74 Å². The Balaban J connectivity index is 1.94. The number of hydrogen-bond acceptors (Lipinski definition) is 6. The van der Waals surface area contributed by atoms with E-state index in [9.17, 15) is 22.0 Å². The highest BCUT2D eigenvalue weighted by atomic mass is 79.9. The molecule has 0 N–H and O–H groups in total. The first-order valence-electron chi connectivity index (χ1n) is 9.88. The molecule has 1 aliphatic rings. The molecule has 3 aromatic rings. The van der Waals surface area contributed by atoms with Crippen molar-refractivity contribution in [3.8, 4) is 6.01 Å². The maximum Gasteiger partial charge on any atom is 0.419 e. The summed E-state index contributed by atoms with van der Waals surface area (Å²) in [5, 5.41) is 0. The summed E-state index contributed by atoms with van der Waals surface area (Å²) in [5.41, 5.74) is 1.73. The van der Waals surface area contributed by atoms with Crippen LogP contribution in [0.3, 0.4) is 0 Å². The van der Waals surface area contributed by atoms with Crippen LogP contribution >= 0.6 is 15.9 Å². The molecule has 0 saturated heterocycles. The summed E-state index contributed by atoms with van der Waals surface area (Å²) in [6.45, 7) is 0.804. The molecular formula is C20H19BrF5N5O2. The average Bonchev–Trinajstić information content (AvgIpc) is 3.13. The van der Waals surface area contributed by atoms with Crippen LogP contribution in [0.2, 0.25) is 0 Å². The molecule has 33 heavy (non-hydrogen) atoms. The van der Waals surface area contributed by atoms with E-state index in [1.54, 1.807) is 18.4 Å². The molecule has 13 heteroatoms. The zero-order valence-electron chi connectivity index (χ0n) is 17.8. The monoisotopic (exact) mass is 535 g/mol. The van der Waals surface area contributed by atoms with Crippen LogP contribution in [0.4, 0.5) is 33.6 Å². The summed E-state index contributed by atoms with van der Waals surface area (Å²) in [4.78, 5) is 15.0. The fourth-order valence-electron chi connectivity index (χ4n) is 4.14. The summed E-state index contributed by atoms with van der Waals surface area (Å²) in [6, 6.07) is 2.68. The minimum Gasteiger partial charge on any atom is -0.467 e. The normalized spacial score (nSPS) is 15.3. The zero-order chi connectivity index (χ0) is 24.1. The van der Waals surface area contributed by atoms with Crippen LogP contribution in [-0.4, -0.2) is 46.0 Å². The average molecular weight is 536 g/mol. The number of nitrogens with zero attached hydrogens (tertiary/aromatic N) is 5. The van der Waals surface area contributed by atoms with Gasteiger partial charge in [-0.1, -0.05) is 6.07 Å². The summed E-state index contributed by atoms with van der Waals surface area (Å²) in [6.07, 6.45) is -7.29. The van der Waals surface area contributed by atoms with Crippen LogP contribution in [0.15, 0.2) is 16.6 Å². The van der Waals surface area contributed by atoms with E-state index >= 15 is 0 Å². The molecular weight excluding hydrogens is 517 g/mol. The number of rotatable bonds is 5. The van der Waals surface area contributed by atoms with Crippen molar-refractivity contribution in [3.63, 3.8) is 0 Å². The van der Waals surface area contributed by atoms with Gasteiger partial charge in [0, 0.05) is 23.1 Å². The molecule has 7 nitrogen and oxygen atoms in total. The van der Waals surface area contributed by atoms with Crippen LogP contribution in [0.25, 0.3) is 11.0 Å². The van der Waals surface area contributed by atoms with Gasteiger partial charge in [0.15, 0.2) is 6.10 Å². The fraction of sp³-hybridized carbons (Fsp3) is 0.450. The van der Waals surface area contributed by atoms with E-state index in [0.717, 1.165) is 6.07 Å². The predicted molar refractivity (Wildman–Crippen MR) is 113 cm³/mol. The SMILES string of the molecule is COc1nc(C)c(N2CCCn3c2nc2c(Br)ccc(C(OC(F)F)C(F)(F)F)c23)c(C)n1. The summed E-state index contributed by atoms with van der Waals surface area (Å²) in [5.74, 6) is 0.363. The molecule has 178 valence electrons. The molecule has 1 unspecified atom stereocenters. The van der Waals surface area contributed by atoms with E-state index in [1.165, 1.54) is 13.2 Å². The molecule has 1 aromatic carbocycles. The van der Waals surface area contributed by atoms with Crippen molar-refractivity contribution in [2.24, 2.45) is 0 Å². The second-order valence-corrected chi connectivity index (χ2v) is 8.30. The number of aryl methyl sites for hydroxylation is 3. The van der Waals surface area contributed by atoms with Gasteiger partial charge in [-0.25, -0.2) is 4.98 Å². The van der Waals surface area contributed by atoms with Gasteiger partial charge in [-0.3, -0.25) is 0 Å². The van der Waals surface area contributed by atoms with Crippen molar-refractivity contribution < 1.29 is 31.4 Å². The van der Waals surface area contributed by atoms with Crippen molar-refractivity contribution in [2.75, 3.05) is 18.6 Å². The fourth-order valence-corrected chi connectivity index (χ4v) is 4.55. The van der Waals surface area contributed by atoms with Crippen LogP contribution in [0.5, 0.6) is 6.01 Å². The lowest BCUT2D eigenvalue weighted by atomic mass is 10.1. The van der Waals surface area contributed by atoms with Gasteiger partial charge in [0.1, 0.15) is 5.52 Å². The topological polar surface area (TPSA) is 65.3 Å². The van der Waals surface area contributed by atoms with Crippen LogP contribution < -0.4 is 9.64 Å². The number of benzene rings is 1. The van der Waals surface area contributed by atoms with Crippen molar-refractivity contribution >= 4 is 38.6 Å². The molecule has 1 atom stereocenters. The molecule has 0 fully saturated rings. The third kappa shape index (κ3) is 4.23. The molecule has 0 bridgehead atoms. The Hall–Kier alpha value is -2.54. The first kappa shape index (κ1) is 23.6. The van der Waals surface area contributed by atoms with Gasteiger partial charge in [0.05, 0.1) is 29.7 Å². The smallest absolute Gasteiger partial charge is 0.419 e. The molecule has 2 aromatic heterocycles.